The minimum Gasteiger partial charge on any atom is -0.500 e. The fourth-order valence-electron chi connectivity index (χ4n) is 3.25. The number of nitrogen functional groups attached to an aromatic ring is 1. The van der Waals surface area contributed by atoms with Crippen LogP contribution in [0.2, 0.25) is 0 Å². The third-order valence-corrected chi connectivity index (χ3v) is 5.11. The van der Waals surface area contributed by atoms with Gasteiger partial charge in [-0.05, 0) is 44.4 Å². The van der Waals surface area contributed by atoms with Gasteiger partial charge in [-0.3, -0.25) is 9.59 Å². The van der Waals surface area contributed by atoms with Crippen LogP contribution in [0, 0.1) is 6.92 Å². The van der Waals surface area contributed by atoms with Gasteiger partial charge in [0.25, 0.3) is 5.91 Å². The summed E-state index contributed by atoms with van der Waals surface area (Å²) in [6.45, 7) is 5.67. The van der Waals surface area contributed by atoms with Crippen molar-refractivity contribution in [3.8, 4) is 5.69 Å². The monoisotopic (exact) mass is 408 g/mol. The topological polar surface area (TPSA) is 99.2 Å². The van der Waals surface area contributed by atoms with E-state index in [9.17, 15) is 9.59 Å². The fourth-order valence-corrected chi connectivity index (χ4v) is 3.25. The molecule has 1 aliphatic rings. The van der Waals surface area contributed by atoms with Gasteiger partial charge in [0.05, 0.1) is 30.1 Å². The van der Waals surface area contributed by atoms with E-state index in [1.165, 1.54) is 10.9 Å². The Kier molecular flexibility index (Phi) is 6.40. The van der Waals surface area contributed by atoms with Crippen molar-refractivity contribution in [3.63, 3.8) is 0 Å². The van der Waals surface area contributed by atoms with Gasteiger partial charge in [0.15, 0.2) is 0 Å². The number of aromatic nitrogens is 2. The molecule has 0 atom stereocenters. The number of nitrogens with two attached hydrogens (primary N) is 1. The number of aryl methyl sites for hydroxylation is 1. The van der Waals surface area contributed by atoms with E-state index in [4.69, 9.17) is 10.5 Å². The highest BCUT2D eigenvalue weighted by Crippen LogP contribution is 2.26. The highest BCUT2D eigenvalue weighted by molar-refractivity contribution is 6.13. The molecule has 3 rings (SSSR count). The highest BCUT2D eigenvalue weighted by Gasteiger charge is 2.25. The average molecular weight is 409 g/mol. The van der Waals surface area contributed by atoms with Crippen molar-refractivity contribution in [1.82, 2.24) is 15.1 Å². The summed E-state index contributed by atoms with van der Waals surface area (Å²) in [7, 11) is 1.55. The van der Waals surface area contributed by atoms with Gasteiger partial charge in [-0.25, -0.2) is 4.68 Å². The molecule has 7 heteroatoms. The molecule has 0 saturated heterocycles. The standard InChI is InChI=1S/C23H28N4O3/c1-5-7-17(20(6-2)30-4)21(28)18-13-25-27(22(18)24)19-12-15(9-8-14(19)3)23(29)26-16-10-11-16/h5,7-9,12-13,16H,6,10-11,24H2,1-4H3,(H,26,29)/b7-5-,20-17-. The maximum absolute atomic E-state index is 13.2. The molecule has 1 saturated carbocycles. The van der Waals surface area contributed by atoms with Gasteiger partial charge in [0.1, 0.15) is 11.6 Å². The van der Waals surface area contributed by atoms with Crippen LogP contribution in [0.25, 0.3) is 5.69 Å². The molecule has 1 amide bonds. The van der Waals surface area contributed by atoms with Crippen LogP contribution in [0.4, 0.5) is 5.82 Å². The minimum absolute atomic E-state index is 0.119. The number of anilines is 1. The second-order valence-electron chi connectivity index (χ2n) is 7.33. The Morgan fingerprint density at radius 2 is 2.10 bits per heavy atom. The van der Waals surface area contributed by atoms with Crippen molar-refractivity contribution in [2.45, 2.75) is 46.1 Å². The van der Waals surface area contributed by atoms with Crippen LogP contribution in [-0.4, -0.2) is 34.6 Å². The molecule has 1 fully saturated rings. The number of carbonyl (C=O) groups excluding carboxylic acids is 2. The third-order valence-electron chi connectivity index (χ3n) is 5.11. The van der Waals surface area contributed by atoms with Crippen molar-refractivity contribution < 1.29 is 14.3 Å². The van der Waals surface area contributed by atoms with Crippen LogP contribution >= 0.6 is 0 Å². The fraction of sp³-hybridized carbons (Fsp3) is 0.348. The second-order valence-corrected chi connectivity index (χ2v) is 7.33. The Labute approximate surface area is 176 Å². The molecule has 30 heavy (non-hydrogen) atoms. The summed E-state index contributed by atoms with van der Waals surface area (Å²) in [5, 5.41) is 7.33. The van der Waals surface area contributed by atoms with E-state index in [2.05, 4.69) is 10.4 Å². The Bertz CT molecular complexity index is 1020. The largest absolute Gasteiger partial charge is 0.500 e. The molecule has 158 valence electrons. The van der Waals surface area contributed by atoms with Gasteiger partial charge < -0.3 is 15.8 Å². The van der Waals surface area contributed by atoms with Crippen LogP contribution in [0.15, 0.2) is 47.9 Å². The van der Waals surface area contributed by atoms with E-state index < -0.39 is 0 Å². The van der Waals surface area contributed by atoms with Crippen molar-refractivity contribution >= 4 is 17.5 Å². The first-order chi connectivity index (χ1) is 14.4. The summed E-state index contributed by atoms with van der Waals surface area (Å²) in [6.07, 6.45) is 7.58. The maximum atomic E-state index is 13.2. The SMILES string of the molecule is C/C=C\C(C(=O)c1cnn(-c2cc(C(=O)NC3CC3)ccc2C)c1N)=C(/CC)OC. The molecule has 0 radical (unpaired) electrons. The molecule has 7 nitrogen and oxygen atoms in total. The number of Topliss-reactive ketones (excluding diaryl/α,β-unsaturated/α-hetero) is 1. The second kappa shape index (κ2) is 8.98. The lowest BCUT2D eigenvalue weighted by molar-refractivity contribution is 0.0950. The third kappa shape index (κ3) is 4.30. The van der Waals surface area contributed by atoms with Gasteiger partial charge >= 0.3 is 0 Å². The molecule has 3 N–H and O–H groups in total. The Morgan fingerprint density at radius 1 is 1.37 bits per heavy atom. The van der Waals surface area contributed by atoms with Crippen molar-refractivity contribution in [2.75, 3.05) is 12.8 Å². The molecule has 0 bridgehead atoms. The zero-order chi connectivity index (χ0) is 21.8. The van der Waals surface area contributed by atoms with E-state index in [0.29, 0.717) is 34.6 Å². The predicted molar refractivity (Wildman–Crippen MR) is 117 cm³/mol. The molecule has 0 unspecified atom stereocenters. The molecule has 0 spiro atoms. The number of nitrogens with one attached hydrogen (secondary N) is 1. The lowest BCUT2D eigenvalue weighted by Crippen LogP contribution is -2.25. The summed E-state index contributed by atoms with van der Waals surface area (Å²) in [5.74, 6) is 0.430. The first kappa shape index (κ1) is 21.4. The summed E-state index contributed by atoms with van der Waals surface area (Å²) >= 11 is 0. The number of rotatable bonds is 8. The number of allylic oxidation sites excluding steroid dienone is 4. The Balaban J connectivity index is 1.99. The molecule has 0 aliphatic heterocycles. The van der Waals surface area contributed by atoms with E-state index in [1.807, 2.05) is 26.8 Å². The van der Waals surface area contributed by atoms with E-state index in [0.717, 1.165) is 18.4 Å². The normalized spacial score (nSPS) is 14.5. The number of ketones is 1. The number of methoxy groups -OCH3 is 1. The summed E-state index contributed by atoms with van der Waals surface area (Å²) in [5.41, 5.74) is 9.15. The predicted octanol–water partition coefficient (Wildman–Crippen LogP) is 3.72. The van der Waals surface area contributed by atoms with E-state index in [1.54, 1.807) is 31.4 Å². The van der Waals surface area contributed by atoms with E-state index in [-0.39, 0.29) is 23.6 Å². The van der Waals surface area contributed by atoms with Gasteiger partial charge in [-0.1, -0.05) is 25.1 Å². The number of hydrogen-bond donors (Lipinski definition) is 2. The number of hydrogen-bond acceptors (Lipinski definition) is 5. The Morgan fingerprint density at radius 3 is 2.70 bits per heavy atom. The van der Waals surface area contributed by atoms with E-state index >= 15 is 0 Å². The van der Waals surface area contributed by atoms with Crippen LogP contribution in [0.1, 0.15) is 59.4 Å². The quantitative estimate of drug-likeness (QED) is 0.300. The molecule has 1 aromatic carbocycles. The molecule has 1 heterocycles. The molecular weight excluding hydrogens is 380 g/mol. The maximum Gasteiger partial charge on any atom is 0.251 e. The van der Waals surface area contributed by atoms with Crippen molar-refractivity contribution in [2.24, 2.45) is 0 Å². The number of amides is 1. The smallest absolute Gasteiger partial charge is 0.251 e. The molecular formula is C23H28N4O3. The summed E-state index contributed by atoms with van der Waals surface area (Å²) in [4.78, 5) is 25.6. The van der Waals surface area contributed by atoms with Gasteiger partial charge in [-0.15, -0.1) is 0 Å². The molecule has 1 aromatic heterocycles. The zero-order valence-corrected chi connectivity index (χ0v) is 17.9. The van der Waals surface area contributed by atoms with Crippen LogP contribution in [-0.2, 0) is 4.74 Å². The Hall–Kier alpha value is -3.35. The van der Waals surface area contributed by atoms with Gasteiger partial charge in [-0.2, -0.15) is 5.10 Å². The van der Waals surface area contributed by atoms with Crippen LogP contribution in [0.3, 0.4) is 0 Å². The number of ether oxygens (including phenoxy) is 1. The average Bonchev–Trinajstić information content (AvgIpc) is 3.47. The number of carbonyl (C=O) groups is 2. The first-order valence-corrected chi connectivity index (χ1v) is 10.1. The van der Waals surface area contributed by atoms with Crippen molar-refractivity contribution in [3.05, 3.63) is 64.6 Å². The summed E-state index contributed by atoms with van der Waals surface area (Å²) in [6, 6.07) is 5.65. The molecule has 2 aromatic rings. The van der Waals surface area contributed by atoms with Crippen molar-refractivity contribution in [1.29, 1.82) is 0 Å². The van der Waals surface area contributed by atoms with Crippen LogP contribution < -0.4 is 11.1 Å². The highest BCUT2D eigenvalue weighted by atomic mass is 16.5. The van der Waals surface area contributed by atoms with Gasteiger partial charge in [0.2, 0.25) is 5.78 Å². The minimum atomic E-state index is -0.254. The lowest BCUT2D eigenvalue weighted by Gasteiger charge is -2.12. The summed E-state index contributed by atoms with van der Waals surface area (Å²) < 4.78 is 6.88. The first-order valence-electron chi connectivity index (χ1n) is 10.1. The molecule has 1 aliphatic carbocycles. The number of nitrogens with zero attached hydrogens (tertiary/aromatic N) is 2. The number of benzene rings is 1. The van der Waals surface area contributed by atoms with Crippen LogP contribution in [0.5, 0.6) is 0 Å². The van der Waals surface area contributed by atoms with Gasteiger partial charge in [0, 0.05) is 18.0 Å². The lowest BCUT2D eigenvalue weighted by atomic mass is 10.0. The zero-order valence-electron chi connectivity index (χ0n) is 17.9.